The largest absolute Gasteiger partial charge is 0.352 e. The molecular formula is C16H24ClFN2O. The Labute approximate surface area is 132 Å². The maximum absolute atomic E-state index is 13.2. The van der Waals surface area contributed by atoms with Gasteiger partial charge in [-0.3, -0.25) is 4.79 Å². The maximum Gasteiger partial charge on any atom is 0.220 e. The molecule has 2 N–H and O–H groups in total. The molecule has 1 aromatic carbocycles. The summed E-state index contributed by atoms with van der Waals surface area (Å²) in [5, 5.41) is 6.45. The molecular weight excluding hydrogens is 291 g/mol. The minimum Gasteiger partial charge on any atom is -0.352 e. The van der Waals surface area contributed by atoms with Crippen LogP contribution in [0.2, 0.25) is 0 Å². The fourth-order valence-corrected chi connectivity index (χ4v) is 2.72. The van der Waals surface area contributed by atoms with Crippen LogP contribution in [0.15, 0.2) is 24.3 Å². The summed E-state index contributed by atoms with van der Waals surface area (Å²) in [5.41, 5.74) is 0.870. The van der Waals surface area contributed by atoms with Gasteiger partial charge in [-0.2, -0.15) is 0 Å². The minimum atomic E-state index is -0.250. The van der Waals surface area contributed by atoms with E-state index in [9.17, 15) is 9.18 Å². The van der Waals surface area contributed by atoms with E-state index < -0.39 is 0 Å². The number of piperidine rings is 1. The molecule has 5 heteroatoms. The van der Waals surface area contributed by atoms with Gasteiger partial charge in [0.05, 0.1) is 0 Å². The summed E-state index contributed by atoms with van der Waals surface area (Å²) in [4.78, 5) is 12.1. The molecule has 1 fully saturated rings. The molecule has 3 nitrogen and oxygen atoms in total. The van der Waals surface area contributed by atoms with Crippen molar-refractivity contribution in [3.8, 4) is 0 Å². The highest BCUT2D eigenvalue weighted by Gasteiger charge is 2.23. The normalized spacial score (nSPS) is 23.0. The zero-order chi connectivity index (χ0) is 14.5. The van der Waals surface area contributed by atoms with E-state index in [2.05, 4.69) is 17.6 Å². The number of carbonyl (C=O) groups excluding carboxylic acids is 1. The molecule has 1 heterocycles. The predicted octanol–water partition coefficient (Wildman–Crippen LogP) is 3.00. The molecule has 0 bridgehead atoms. The predicted molar refractivity (Wildman–Crippen MR) is 85.3 cm³/mol. The van der Waals surface area contributed by atoms with Gasteiger partial charge in [0, 0.05) is 18.5 Å². The van der Waals surface area contributed by atoms with Gasteiger partial charge in [0.2, 0.25) is 5.91 Å². The van der Waals surface area contributed by atoms with Crippen molar-refractivity contribution in [2.24, 2.45) is 0 Å². The van der Waals surface area contributed by atoms with Gasteiger partial charge in [-0.15, -0.1) is 12.4 Å². The van der Waals surface area contributed by atoms with Crippen LogP contribution in [0.4, 0.5) is 4.39 Å². The number of hydrogen-bond acceptors (Lipinski definition) is 2. The van der Waals surface area contributed by atoms with Crippen molar-refractivity contribution in [3.05, 3.63) is 35.6 Å². The van der Waals surface area contributed by atoms with E-state index in [0.717, 1.165) is 24.9 Å². The van der Waals surface area contributed by atoms with Gasteiger partial charge in [0.25, 0.3) is 0 Å². The molecule has 3 atom stereocenters. The molecule has 2 rings (SSSR count). The standard InChI is InChI=1S/C16H23FN2O.ClH/c1-11(13-5-3-6-14(17)10-13)9-16(20)19-15-7-4-8-18-12(15)2;/h3,5-6,10-12,15,18H,4,7-9H2,1-2H3,(H,19,20);1H. The van der Waals surface area contributed by atoms with Gasteiger partial charge in [0.15, 0.2) is 0 Å². The molecule has 118 valence electrons. The van der Waals surface area contributed by atoms with E-state index in [-0.39, 0.29) is 36.1 Å². The molecule has 1 saturated heterocycles. The molecule has 1 aliphatic rings. The van der Waals surface area contributed by atoms with Crippen molar-refractivity contribution < 1.29 is 9.18 Å². The third kappa shape index (κ3) is 5.29. The van der Waals surface area contributed by atoms with Crippen molar-refractivity contribution in [1.82, 2.24) is 10.6 Å². The minimum absolute atomic E-state index is 0. The molecule has 0 aliphatic carbocycles. The molecule has 1 aliphatic heterocycles. The van der Waals surface area contributed by atoms with Crippen LogP contribution in [0.5, 0.6) is 0 Å². The van der Waals surface area contributed by atoms with Crippen molar-refractivity contribution in [2.75, 3.05) is 6.54 Å². The maximum atomic E-state index is 13.2. The lowest BCUT2D eigenvalue weighted by Gasteiger charge is -2.31. The van der Waals surface area contributed by atoms with E-state index in [0.29, 0.717) is 12.5 Å². The van der Waals surface area contributed by atoms with Crippen LogP contribution in [-0.4, -0.2) is 24.5 Å². The molecule has 21 heavy (non-hydrogen) atoms. The Morgan fingerprint density at radius 3 is 2.95 bits per heavy atom. The Hall–Kier alpha value is -1.13. The second-order valence-electron chi connectivity index (χ2n) is 5.72. The summed E-state index contributed by atoms with van der Waals surface area (Å²) in [7, 11) is 0. The van der Waals surface area contributed by atoms with Crippen molar-refractivity contribution in [3.63, 3.8) is 0 Å². The number of amides is 1. The average molecular weight is 315 g/mol. The molecule has 0 aromatic heterocycles. The summed E-state index contributed by atoms with van der Waals surface area (Å²) in [6.07, 6.45) is 2.51. The highest BCUT2D eigenvalue weighted by molar-refractivity contribution is 5.85. The molecule has 0 spiro atoms. The second kappa shape index (κ2) is 8.35. The first-order valence-corrected chi connectivity index (χ1v) is 7.34. The first kappa shape index (κ1) is 17.9. The quantitative estimate of drug-likeness (QED) is 0.897. The fraction of sp³-hybridized carbons (Fsp3) is 0.562. The van der Waals surface area contributed by atoms with Crippen LogP contribution in [0, 0.1) is 5.82 Å². The van der Waals surface area contributed by atoms with Crippen LogP contribution in [0.1, 0.15) is 44.6 Å². The van der Waals surface area contributed by atoms with E-state index in [1.807, 2.05) is 13.0 Å². The van der Waals surface area contributed by atoms with Crippen LogP contribution in [-0.2, 0) is 4.79 Å². The SMILES string of the molecule is CC(CC(=O)NC1CCCNC1C)c1cccc(F)c1.Cl. The Morgan fingerprint density at radius 2 is 2.29 bits per heavy atom. The highest BCUT2D eigenvalue weighted by Crippen LogP contribution is 2.20. The summed E-state index contributed by atoms with van der Waals surface area (Å²) in [6, 6.07) is 7.00. The van der Waals surface area contributed by atoms with Crippen LogP contribution >= 0.6 is 12.4 Å². The number of rotatable bonds is 4. The zero-order valence-electron chi connectivity index (χ0n) is 12.6. The van der Waals surface area contributed by atoms with E-state index >= 15 is 0 Å². The molecule has 3 unspecified atom stereocenters. The number of benzene rings is 1. The third-order valence-corrected chi connectivity index (χ3v) is 4.02. The zero-order valence-corrected chi connectivity index (χ0v) is 13.4. The van der Waals surface area contributed by atoms with Crippen LogP contribution in [0.25, 0.3) is 0 Å². The topological polar surface area (TPSA) is 41.1 Å². The summed E-state index contributed by atoms with van der Waals surface area (Å²) in [5.74, 6) is -0.181. The summed E-state index contributed by atoms with van der Waals surface area (Å²) < 4.78 is 13.2. The number of carbonyl (C=O) groups is 1. The van der Waals surface area contributed by atoms with Crippen molar-refractivity contribution in [2.45, 2.75) is 51.1 Å². The number of halogens is 2. The highest BCUT2D eigenvalue weighted by atomic mass is 35.5. The molecule has 1 aromatic rings. The van der Waals surface area contributed by atoms with Crippen LogP contribution in [0.3, 0.4) is 0 Å². The monoisotopic (exact) mass is 314 g/mol. The molecule has 0 radical (unpaired) electrons. The Kier molecular flexibility index (Phi) is 7.12. The number of hydrogen-bond donors (Lipinski definition) is 2. The number of nitrogens with one attached hydrogen (secondary N) is 2. The van der Waals surface area contributed by atoms with Gasteiger partial charge in [-0.25, -0.2) is 4.39 Å². The van der Waals surface area contributed by atoms with Crippen LogP contribution < -0.4 is 10.6 Å². The molecule has 1 amide bonds. The van der Waals surface area contributed by atoms with Gasteiger partial charge in [-0.05, 0) is 49.9 Å². The summed E-state index contributed by atoms with van der Waals surface area (Å²) in [6.45, 7) is 5.07. The second-order valence-corrected chi connectivity index (χ2v) is 5.72. The first-order valence-electron chi connectivity index (χ1n) is 7.34. The van der Waals surface area contributed by atoms with E-state index in [1.165, 1.54) is 12.1 Å². The fourth-order valence-electron chi connectivity index (χ4n) is 2.72. The van der Waals surface area contributed by atoms with Gasteiger partial charge >= 0.3 is 0 Å². The first-order chi connectivity index (χ1) is 9.56. The Morgan fingerprint density at radius 1 is 1.52 bits per heavy atom. The third-order valence-electron chi connectivity index (χ3n) is 4.02. The lowest BCUT2D eigenvalue weighted by molar-refractivity contribution is -0.122. The smallest absolute Gasteiger partial charge is 0.220 e. The average Bonchev–Trinajstić information content (AvgIpc) is 2.41. The lowest BCUT2D eigenvalue weighted by atomic mass is 9.96. The van der Waals surface area contributed by atoms with E-state index in [1.54, 1.807) is 6.07 Å². The summed E-state index contributed by atoms with van der Waals surface area (Å²) >= 11 is 0. The van der Waals surface area contributed by atoms with E-state index in [4.69, 9.17) is 0 Å². The van der Waals surface area contributed by atoms with Gasteiger partial charge < -0.3 is 10.6 Å². The van der Waals surface area contributed by atoms with Gasteiger partial charge in [0.1, 0.15) is 5.82 Å². The Balaban J connectivity index is 0.00000220. The Bertz CT molecular complexity index is 469. The molecule has 0 saturated carbocycles. The van der Waals surface area contributed by atoms with Crippen molar-refractivity contribution in [1.29, 1.82) is 0 Å². The van der Waals surface area contributed by atoms with Crippen molar-refractivity contribution >= 4 is 18.3 Å². The van der Waals surface area contributed by atoms with Gasteiger partial charge in [-0.1, -0.05) is 19.1 Å². The lowest BCUT2D eigenvalue weighted by Crippen LogP contribution is -2.52.